The molecule has 0 heterocycles. The summed E-state index contributed by atoms with van der Waals surface area (Å²) in [6.45, 7) is 6.93. The summed E-state index contributed by atoms with van der Waals surface area (Å²) in [5.41, 5.74) is 3.76. The van der Waals surface area contributed by atoms with Gasteiger partial charge in [0.2, 0.25) is 0 Å². The van der Waals surface area contributed by atoms with Crippen LogP contribution in [0.25, 0.3) is 5.57 Å². The van der Waals surface area contributed by atoms with E-state index in [0.717, 1.165) is 22.5 Å². The molecule has 0 atom stereocenters. The Labute approximate surface area is 89.3 Å². The maximum Gasteiger partial charge on any atom is 0.146 e. The fraction of sp³-hybridized carbons (Fsp3) is 0.333. The van der Waals surface area contributed by atoms with Gasteiger partial charge in [-0.2, -0.15) is 0 Å². The Morgan fingerprint density at radius 2 is 2.14 bits per heavy atom. The van der Waals surface area contributed by atoms with E-state index in [2.05, 4.69) is 37.8 Å². The van der Waals surface area contributed by atoms with Crippen LogP contribution in [0.15, 0.2) is 30.8 Å². The van der Waals surface area contributed by atoms with Crippen molar-refractivity contribution in [3.8, 4) is 0 Å². The van der Waals surface area contributed by atoms with Crippen molar-refractivity contribution in [3.63, 3.8) is 0 Å². The van der Waals surface area contributed by atoms with Crippen molar-refractivity contribution in [2.45, 2.75) is 19.8 Å². The van der Waals surface area contributed by atoms with Crippen molar-refractivity contribution >= 4 is 16.1 Å². The van der Waals surface area contributed by atoms with E-state index in [4.69, 9.17) is 4.43 Å². The minimum Gasteiger partial charge on any atom is -0.424 e. The first-order chi connectivity index (χ1) is 6.79. The predicted octanol–water partition coefficient (Wildman–Crippen LogP) is 1.95. The van der Waals surface area contributed by atoms with Gasteiger partial charge in [0.25, 0.3) is 0 Å². The molecular formula is C12H18OSi. The van der Waals surface area contributed by atoms with Gasteiger partial charge in [0, 0.05) is 0 Å². The first-order valence-electron chi connectivity index (χ1n) is 5.04. The Hall–Kier alpha value is -0.863. The van der Waals surface area contributed by atoms with Crippen molar-refractivity contribution in [2.24, 2.45) is 0 Å². The summed E-state index contributed by atoms with van der Waals surface area (Å²) in [6.07, 6.45) is 2.29. The minimum absolute atomic E-state index is 0.674. The van der Waals surface area contributed by atoms with E-state index in [-0.39, 0.29) is 0 Å². The quantitative estimate of drug-likeness (QED) is 0.669. The topological polar surface area (TPSA) is 9.23 Å². The summed E-state index contributed by atoms with van der Waals surface area (Å²) in [7, 11) is 0.778. The Morgan fingerprint density at radius 1 is 1.43 bits per heavy atom. The van der Waals surface area contributed by atoms with Crippen LogP contribution in [-0.2, 0) is 10.8 Å². The molecule has 0 amide bonds. The highest BCUT2D eigenvalue weighted by Crippen LogP contribution is 2.19. The van der Waals surface area contributed by atoms with Gasteiger partial charge in [0.05, 0.1) is 6.61 Å². The van der Waals surface area contributed by atoms with E-state index in [0.29, 0.717) is 6.61 Å². The second-order valence-corrected chi connectivity index (χ2v) is 4.02. The average molecular weight is 206 g/mol. The second-order valence-electron chi connectivity index (χ2n) is 3.44. The molecule has 0 unspecified atom stereocenters. The molecule has 0 fully saturated rings. The van der Waals surface area contributed by atoms with E-state index < -0.39 is 0 Å². The molecular weight excluding hydrogens is 188 g/mol. The second kappa shape index (κ2) is 5.78. The number of aryl methyl sites for hydroxylation is 1. The van der Waals surface area contributed by atoms with Gasteiger partial charge in [-0.25, -0.2) is 0 Å². The summed E-state index contributed by atoms with van der Waals surface area (Å²) in [5.74, 6) is 0. The molecule has 14 heavy (non-hydrogen) atoms. The summed E-state index contributed by atoms with van der Waals surface area (Å²) < 4.78 is 5.23. The monoisotopic (exact) mass is 206 g/mol. The van der Waals surface area contributed by atoms with E-state index in [9.17, 15) is 0 Å². The van der Waals surface area contributed by atoms with Gasteiger partial charge in [-0.15, -0.1) is 0 Å². The van der Waals surface area contributed by atoms with Gasteiger partial charge in [0.1, 0.15) is 10.5 Å². The molecule has 0 N–H and O–H groups in total. The van der Waals surface area contributed by atoms with Crippen LogP contribution < -0.4 is 0 Å². The van der Waals surface area contributed by atoms with Gasteiger partial charge in [-0.05, 0) is 23.1 Å². The standard InChI is InChI=1S/C12H18OSi/c1-3-6-11-7-4-5-8-12(11)10(2)9-13-14/h4-5,7-8H,2-3,6,9H2,1,14H3. The molecule has 0 aliphatic carbocycles. The first kappa shape index (κ1) is 11.2. The lowest BCUT2D eigenvalue weighted by Gasteiger charge is -2.10. The zero-order valence-electron chi connectivity index (χ0n) is 9.05. The number of hydrogen-bond donors (Lipinski definition) is 0. The Morgan fingerprint density at radius 3 is 2.79 bits per heavy atom. The summed E-state index contributed by atoms with van der Waals surface area (Å²) in [6, 6.07) is 8.46. The number of hydrogen-bond acceptors (Lipinski definition) is 1. The third kappa shape index (κ3) is 2.82. The van der Waals surface area contributed by atoms with Gasteiger partial charge in [-0.1, -0.05) is 44.2 Å². The molecule has 0 saturated heterocycles. The Kier molecular flexibility index (Phi) is 4.63. The smallest absolute Gasteiger partial charge is 0.146 e. The van der Waals surface area contributed by atoms with Gasteiger partial charge in [-0.3, -0.25) is 0 Å². The number of benzene rings is 1. The minimum atomic E-state index is 0.674. The van der Waals surface area contributed by atoms with E-state index >= 15 is 0 Å². The van der Waals surface area contributed by atoms with Crippen molar-refractivity contribution in [1.29, 1.82) is 0 Å². The molecule has 1 aromatic carbocycles. The lowest BCUT2D eigenvalue weighted by atomic mass is 9.98. The maximum absolute atomic E-state index is 5.23. The van der Waals surface area contributed by atoms with E-state index in [1.807, 2.05) is 0 Å². The largest absolute Gasteiger partial charge is 0.424 e. The highest BCUT2D eigenvalue weighted by Gasteiger charge is 2.03. The first-order valence-corrected chi connectivity index (χ1v) is 5.86. The fourth-order valence-corrected chi connectivity index (χ4v) is 1.95. The Bertz CT molecular complexity index is 307. The van der Waals surface area contributed by atoms with Crippen LogP contribution in [0, 0.1) is 0 Å². The van der Waals surface area contributed by atoms with Crippen LogP contribution in [0.3, 0.4) is 0 Å². The maximum atomic E-state index is 5.23. The molecule has 0 aliphatic rings. The van der Waals surface area contributed by atoms with Gasteiger partial charge < -0.3 is 4.43 Å². The van der Waals surface area contributed by atoms with E-state index in [1.165, 1.54) is 17.5 Å². The SMILES string of the molecule is C=C(CO[SiH3])c1ccccc1CCC. The molecule has 0 bridgehead atoms. The van der Waals surface area contributed by atoms with Crippen molar-refractivity contribution < 1.29 is 4.43 Å². The summed E-state index contributed by atoms with van der Waals surface area (Å²) in [5, 5.41) is 0. The lowest BCUT2D eigenvalue weighted by Crippen LogP contribution is -1.98. The zero-order chi connectivity index (χ0) is 10.4. The van der Waals surface area contributed by atoms with Crippen molar-refractivity contribution in [3.05, 3.63) is 42.0 Å². The van der Waals surface area contributed by atoms with Gasteiger partial charge in [0.15, 0.2) is 0 Å². The Balaban J connectivity index is 2.88. The summed E-state index contributed by atoms with van der Waals surface area (Å²) in [4.78, 5) is 0. The highest BCUT2D eigenvalue weighted by molar-refractivity contribution is 5.98. The highest BCUT2D eigenvalue weighted by atomic mass is 28.2. The summed E-state index contributed by atoms with van der Waals surface area (Å²) >= 11 is 0. The molecule has 2 heteroatoms. The molecule has 0 saturated carbocycles. The average Bonchev–Trinajstić information content (AvgIpc) is 2.19. The molecule has 0 aromatic heterocycles. The molecule has 1 nitrogen and oxygen atoms in total. The predicted molar refractivity (Wildman–Crippen MR) is 65.4 cm³/mol. The number of rotatable bonds is 5. The lowest BCUT2D eigenvalue weighted by molar-refractivity contribution is 0.409. The molecule has 0 aliphatic heterocycles. The fourth-order valence-electron chi connectivity index (χ4n) is 1.60. The van der Waals surface area contributed by atoms with Gasteiger partial charge >= 0.3 is 0 Å². The molecule has 76 valence electrons. The van der Waals surface area contributed by atoms with E-state index in [1.54, 1.807) is 0 Å². The molecule has 0 spiro atoms. The van der Waals surface area contributed by atoms with Crippen LogP contribution in [0.1, 0.15) is 24.5 Å². The van der Waals surface area contributed by atoms with Crippen LogP contribution in [0.4, 0.5) is 0 Å². The molecule has 0 radical (unpaired) electrons. The molecule has 1 rings (SSSR count). The zero-order valence-corrected chi connectivity index (χ0v) is 11.0. The van der Waals surface area contributed by atoms with Crippen LogP contribution in [0.5, 0.6) is 0 Å². The third-order valence-corrected chi connectivity index (χ3v) is 2.52. The third-order valence-electron chi connectivity index (χ3n) is 2.24. The normalized spacial score (nSPS) is 10.4. The molecule has 1 aromatic rings. The van der Waals surface area contributed by atoms with Crippen molar-refractivity contribution in [2.75, 3.05) is 6.61 Å². The van der Waals surface area contributed by atoms with Crippen LogP contribution in [-0.4, -0.2) is 17.1 Å². The van der Waals surface area contributed by atoms with Crippen LogP contribution in [0.2, 0.25) is 0 Å². The van der Waals surface area contributed by atoms with Crippen molar-refractivity contribution in [1.82, 2.24) is 0 Å². The van der Waals surface area contributed by atoms with Crippen LogP contribution >= 0.6 is 0 Å².